The Balaban J connectivity index is 2.30. The predicted molar refractivity (Wildman–Crippen MR) is 84.5 cm³/mol. The van der Waals surface area contributed by atoms with E-state index in [9.17, 15) is 13.2 Å². The van der Waals surface area contributed by atoms with Crippen molar-refractivity contribution in [2.24, 2.45) is 0 Å². The molecule has 0 aliphatic carbocycles. The van der Waals surface area contributed by atoms with Gasteiger partial charge < -0.3 is 5.32 Å². The molecule has 1 aromatic carbocycles. The van der Waals surface area contributed by atoms with Gasteiger partial charge in [-0.15, -0.1) is 11.3 Å². The lowest BCUT2D eigenvalue weighted by molar-refractivity contribution is -0.137. The second-order valence-electron chi connectivity index (χ2n) is 4.63. The van der Waals surface area contributed by atoms with Crippen molar-refractivity contribution in [3.63, 3.8) is 0 Å². The molecule has 1 heterocycles. The van der Waals surface area contributed by atoms with Crippen LogP contribution in [0.15, 0.2) is 34.8 Å². The summed E-state index contributed by atoms with van der Waals surface area (Å²) >= 11 is 4.50. The van der Waals surface area contributed by atoms with E-state index in [1.54, 1.807) is 12.1 Å². The topological polar surface area (TPSA) is 12.0 Å². The molecule has 0 amide bonds. The number of hydrogen-bond donors (Lipinski definition) is 1. The van der Waals surface area contributed by atoms with Gasteiger partial charge in [-0.05, 0) is 37.2 Å². The van der Waals surface area contributed by atoms with Gasteiger partial charge in [0.15, 0.2) is 0 Å². The first-order valence-electron chi connectivity index (χ1n) is 6.58. The summed E-state index contributed by atoms with van der Waals surface area (Å²) in [5.41, 5.74) is -0.371. The Morgan fingerprint density at radius 3 is 2.62 bits per heavy atom. The number of benzene rings is 1. The second-order valence-corrected chi connectivity index (χ2v) is 6.71. The predicted octanol–water partition coefficient (Wildman–Crippen LogP) is 5.70. The van der Waals surface area contributed by atoms with Gasteiger partial charge in [0.25, 0.3) is 0 Å². The summed E-state index contributed by atoms with van der Waals surface area (Å²) in [7, 11) is 0. The molecule has 0 saturated carbocycles. The molecule has 0 atom stereocenters. The summed E-state index contributed by atoms with van der Waals surface area (Å²) in [6.07, 6.45) is -3.33. The van der Waals surface area contributed by atoms with Crippen molar-refractivity contribution in [1.82, 2.24) is 5.32 Å². The maximum atomic E-state index is 13.1. The van der Waals surface area contributed by atoms with Gasteiger partial charge in [-0.25, -0.2) is 0 Å². The van der Waals surface area contributed by atoms with Crippen LogP contribution in [0.5, 0.6) is 0 Å². The highest BCUT2D eigenvalue weighted by Gasteiger charge is 2.34. The van der Waals surface area contributed by atoms with E-state index in [1.165, 1.54) is 17.4 Å². The van der Waals surface area contributed by atoms with Crippen LogP contribution in [0.1, 0.15) is 23.8 Å². The van der Waals surface area contributed by atoms with E-state index in [2.05, 4.69) is 28.2 Å². The number of halogens is 4. The zero-order valence-corrected chi connectivity index (χ0v) is 13.8. The summed E-state index contributed by atoms with van der Waals surface area (Å²) in [6, 6.07) is 7.92. The average molecular weight is 378 g/mol. The van der Waals surface area contributed by atoms with E-state index in [-0.39, 0.29) is 5.56 Å². The number of hydrogen-bond acceptors (Lipinski definition) is 2. The lowest BCUT2D eigenvalue weighted by Crippen LogP contribution is -2.12. The third-order valence-corrected chi connectivity index (χ3v) is 4.55. The standard InChI is InChI=1S/C15H15BrF3NS/c1-2-7-20-9-11-4-6-14(21-11)12-5-3-10(16)8-13(12)15(17,18)19/h3-6,8,20H,2,7,9H2,1H3. The van der Waals surface area contributed by atoms with Gasteiger partial charge in [-0.2, -0.15) is 13.2 Å². The van der Waals surface area contributed by atoms with Crippen molar-refractivity contribution in [3.05, 3.63) is 45.2 Å². The molecule has 0 fully saturated rings. The monoisotopic (exact) mass is 377 g/mol. The van der Waals surface area contributed by atoms with Crippen molar-refractivity contribution in [2.75, 3.05) is 6.54 Å². The maximum absolute atomic E-state index is 13.1. The highest BCUT2D eigenvalue weighted by Crippen LogP contribution is 2.40. The lowest BCUT2D eigenvalue weighted by atomic mass is 10.1. The summed E-state index contributed by atoms with van der Waals surface area (Å²) in [4.78, 5) is 1.68. The summed E-state index contributed by atoms with van der Waals surface area (Å²) in [5.74, 6) is 0. The van der Waals surface area contributed by atoms with Crippen molar-refractivity contribution >= 4 is 27.3 Å². The minimum absolute atomic E-state index is 0.234. The fourth-order valence-corrected chi connectivity index (χ4v) is 3.35. The Kier molecular flexibility index (Phi) is 5.46. The molecule has 0 aliphatic rings. The molecular formula is C15H15BrF3NS. The van der Waals surface area contributed by atoms with Crippen molar-refractivity contribution in [1.29, 1.82) is 0 Å². The minimum atomic E-state index is -4.36. The van der Waals surface area contributed by atoms with Gasteiger partial charge in [0.05, 0.1) is 5.56 Å². The number of rotatable bonds is 5. The second kappa shape index (κ2) is 6.94. The Labute approximate surface area is 134 Å². The van der Waals surface area contributed by atoms with Crippen LogP contribution in [0.4, 0.5) is 13.2 Å². The zero-order chi connectivity index (χ0) is 15.5. The molecule has 1 nitrogen and oxygen atoms in total. The first-order chi connectivity index (χ1) is 9.91. The fourth-order valence-electron chi connectivity index (χ4n) is 1.97. The van der Waals surface area contributed by atoms with Crippen LogP contribution >= 0.6 is 27.3 Å². The highest BCUT2D eigenvalue weighted by atomic mass is 79.9. The highest BCUT2D eigenvalue weighted by molar-refractivity contribution is 9.10. The Morgan fingerprint density at radius 2 is 1.95 bits per heavy atom. The quantitative estimate of drug-likeness (QED) is 0.659. The normalized spacial score (nSPS) is 11.9. The molecule has 0 aliphatic heterocycles. The van der Waals surface area contributed by atoms with E-state index in [0.717, 1.165) is 23.9 Å². The van der Waals surface area contributed by atoms with Gasteiger partial charge in [0, 0.05) is 26.3 Å². The molecule has 0 bridgehead atoms. The number of alkyl halides is 3. The Hall–Kier alpha value is -0.850. The van der Waals surface area contributed by atoms with Gasteiger partial charge in [-0.3, -0.25) is 0 Å². The van der Waals surface area contributed by atoms with Gasteiger partial charge in [0.1, 0.15) is 0 Å². The first-order valence-corrected chi connectivity index (χ1v) is 8.19. The largest absolute Gasteiger partial charge is 0.417 e. The van der Waals surface area contributed by atoms with E-state index in [1.807, 2.05) is 6.07 Å². The van der Waals surface area contributed by atoms with E-state index in [4.69, 9.17) is 0 Å². The molecule has 21 heavy (non-hydrogen) atoms. The summed E-state index contributed by atoms with van der Waals surface area (Å²) in [5, 5.41) is 3.25. The molecule has 2 rings (SSSR count). The van der Waals surface area contributed by atoms with E-state index >= 15 is 0 Å². The van der Waals surface area contributed by atoms with Crippen molar-refractivity contribution < 1.29 is 13.2 Å². The van der Waals surface area contributed by atoms with Crippen LogP contribution < -0.4 is 5.32 Å². The smallest absolute Gasteiger partial charge is 0.312 e. The van der Waals surface area contributed by atoms with Crippen LogP contribution in [0.25, 0.3) is 10.4 Å². The fraction of sp³-hybridized carbons (Fsp3) is 0.333. The average Bonchev–Trinajstić information content (AvgIpc) is 2.87. The minimum Gasteiger partial charge on any atom is -0.312 e. The molecule has 1 aromatic heterocycles. The van der Waals surface area contributed by atoms with Gasteiger partial charge >= 0.3 is 6.18 Å². The van der Waals surface area contributed by atoms with Crippen LogP contribution in [0.2, 0.25) is 0 Å². The van der Waals surface area contributed by atoms with Crippen LogP contribution in [0.3, 0.4) is 0 Å². The Morgan fingerprint density at radius 1 is 1.19 bits per heavy atom. The third-order valence-electron chi connectivity index (χ3n) is 2.94. The van der Waals surface area contributed by atoms with E-state index in [0.29, 0.717) is 15.9 Å². The zero-order valence-electron chi connectivity index (χ0n) is 11.4. The molecule has 2 aromatic rings. The maximum Gasteiger partial charge on any atom is 0.417 e. The van der Waals surface area contributed by atoms with E-state index < -0.39 is 11.7 Å². The third kappa shape index (κ3) is 4.31. The summed E-state index contributed by atoms with van der Waals surface area (Å²) < 4.78 is 39.9. The molecule has 0 saturated heterocycles. The number of thiophene rings is 1. The van der Waals surface area contributed by atoms with Crippen LogP contribution in [0, 0.1) is 0 Å². The van der Waals surface area contributed by atoms with Crippen molar-refractivity contribution in [2.45, 2.75) is 26.1 Å². The van der Waals surface area contributed by atoms with Gasteiger partial charge in [-0.1, -0.05) is 28.9 Å². The molecule has 0 unspecified atom stereocenters. The molecule has 1 N–H and O–H groups in total. The molecule has 114 valence electrons. The molecule has 6 heteroatoms. The van der Waals surface area contributed by atoms with Crippen molar-refractivity contribution in [3.8, 4) is 10.4 Å². The number of nitrogens with one attached hydrogen (secondary N) is 1. The Bertz CT molecular complexity index is 607. The lowest BCUT2D eigenvalue weighted by Gasteiger charge is -2.12. The first kappa shape index (κ1) is 16.5. The van der Waals surface area contributed by atoms with Crippen LogP contribution in [-0.2, 0) is 12.7 Å². The summed E-state index contributed by atoms with van der Waals surface area (Å²) in [6.45, 7) is 3.67. The SMILES string of the molecule is CCCNCc1ccc(-c2ccc(Br)cc2C(F)(F)F)s1. The molecule has 0 radical (unpaired) electrons. The van der Waals surface area contributed by atoms with Gasteiger partial charge in [0.2, 0.25) is 0 Å². The molecular weight excluding hydrogens is 363 g/mol. The molecule has 0 spiro atoms. The van der Waals surface area contributed by atoms with Crippen LogP contribution in [-0.4, -0.2) is 6.54 Å².